The number of imide groups is 1. The maximum absolute atomic E-state index is 12.8. The molecule has 0 aromatic heterocycles. The molecular formula is C23H31N3O5. The number of nitrogens with zero attached hydrogens (tertiary/aromatic N) is 2. The molecule has 2 aliphatic rings. The van der Waals surface area contributed by atoms with E-state index in [1.54, 1.807) is 37.8 Å². The Kier molecular flexibility index (Phi) is 5.86. The van der Waals surface area contributed by atoms with E-state index in [2.05, 4.69) is 5.32 Å². The van der Waals surface area contributed by atoms with Crippen LogP contribution in [0.25, 0.3) is 0 Å². The van der Waals surface area contributed by atoms with Gasteiger partial charge in [-0.3, -0.25) is 19.3 Å². The van der Waals surface area contributed by atoms with Gasteiger partial charge in [-0.05, 0) is 72.6 Å². The zero-order valence-corrected chi connectivity index (χ0v) is 19.1. The summed E-state index contributed by atoms with van der Waals surface area (Å²) in [6.45, 7) is 11.9. The average Bonchev–Trinajstić information content (AvgIpc) is 2.91. The van der Waals surface area contributed by atoms with Crippen LogP contribution in [0.2, 0.25) is 0 Å². The van der Waals surface area contributed by atoms with E-state index in [4.69, 9.17) is 4.74 Å². The van der Waals surface area contributed by atoms with Crippen LogP contribution in [-0.2, 0) is 4.74 Å². The van der Waals surface area contributed by atoms with Crippen molar-refractivity contribution < 1.29 is 23.9 Å². The molecule has 168 valence electrons. The Balaban J connectivity index is 1.62. The van der Waals surface area contributed by atoms with Gasteiger partial charge < -0.3 is 15.0 Å². The first-order valence-corrected chi connectivity index (χ1v) is 10.6. The number of piperidine rings is 1. The van der Waals surface area contributed by atoms with Crippen LogP contribution < -0.4 is 5.32 Å². The standard InChI is InChI=1S/C23H31N3O5/c1-22(2,3)26-19(28)16-8-7-14(13-17(16)20(26)29)18(27)24-15-9-11-25(12-10-15)21(30)31-23(4,5)6/h7-8,13,15H,9-12H2,1-6H3,(H,24,27). The van der Waals surface area contributed by atoms with Gasteiger partial charge in [0.25, 0.3) is 17.7 Å². The van der Waals surface area contributed by atoms with Gasteiger partial charge in [0.1, 0.15) is 5.60 Å². The van der Waals surface area contributed by atoms with Crippen molar-refractivity contribution in [1.82, 2.24) is 15.1 Å². The number of ether oxygens (including phenoxy) is 1. The molecule has 0 unspecified atom stereocenters. The van der Waals surface area contributed by atoms with E-state index >= 15 is 0 Å². The van der Waals surface area contributed by atoms with Crippen LogP contribution >= 0.6 is 0 Å². The number of carbonyl (C=O) groups excluding carboxylic acids is 4. The minimum atomic E-state index is -0.641. The Bertz CT molecular complexity index is 918. The topological polar surface area (TPSA) is 96.0 Å². The van der Waals surface area contributed by atoms with E-state index in [0.717, 1.165) is 0 Å². The number of benzene rings is 1. The number of hydrogen-bond donors (Lipinski definition) is 1. The first kappa shape index (κ1) is 22.8. The second-order valence-corrected chi connectivity index (χ2v) is 10.1. The van der Waals surface area contributed by atoms with Gasteiger partial charge in [0.15, 0.2) is 0 Å². The highest BCUT2D eigenvalue weighted by molar-refractivity contribution is 6.22. The number of likely N-dealkylation sites (tertiary alicyclic amines) is 1. The lowest BCUT2D eigenvalue weighted by Gasteiger charge is -2.33. The average molecular weight is 430 g/mol. The monoisotopic (exact) mass is 429 g/mol. The molecule has 1 aromatic rings. The lowest BCUT2D eigenvalue weighted by atomic mass is 10.0. The molecular weight excluding hydrogens is 398 g/mol. The molecule has 1 N–H and O–H groups in total. The molecule has 3 rings (SSSR count). The van der Waals surface area contributed by atoms with Crippen molar-refractivity contribution in [2.24, 2.45) is 0 Å². The van der Waals surface area contributed by atoms with Gasteiger partial charge in [0.2, 0.25) is 0 Å². The third kappa shape index (κ3) is 4.89. The fourth-order valence-corrected chi connectivity index (χ4v) is 3.79. The van der Waals surface area contributed by atoms with Crippen molar-refractivity contribution in [2.45, 2.75) is 71.6 Å². The van der Waals surface area contributed by atoms with Gasteiger partial charge in [0.05, 0.1) is 11.1 Å². The Morgan fingerprint density at radius 1 is 0.968 bits per heavy atom. The molecule has 0 atom stereocenters. The largest absolute Gasteiger partial charge is 0.444 e. The maximum Gasteiger partial charge on any atom is 0.410 e. The molecule has 2 heterocycles. The van der Waals surface area contributed by atoms with Crippen LogP contribution in [0.5, 0.6) is 0 Å². The summed E-state index contributed by atoms with van der Waals surface area (Å²) < 4.78 is 5.39. The number of rotatable bonds is 2. The lowest BCUT2D eigenvalue weighted by molar-refractivity contribution is 0.0199. The van der Waals surface area contributed by atoms with E-state index in [9.17, 15) is 19.2 Å². The molecule has 8 heteroatoms. The Labute approximate surface area is 182 Å². The molecule has 1 saturated heterocycles. The summed E-state index contributed by atoms with van der Waals surface area (Å²) in [5.74, 6) is -1.02. The quantitative estimate of drug-likeness (QED) is 0.729. The second-order valence-electron chi connectivity index (χ2n) is 10.1. The highest BCUT2D eigenvalue weighted by Crippen LogP contribution is 2.30. The number of nitrogens with one attached hydrogen (secondary N) is 1. The van der Waals surface area contributed by atoms with Gasteiger partial charge in [0, 0.05) is 30.2 Å². The normalized spacial score (nSPS) is 17.6. The highest BCUT2D eigenvalue weighted by atomic mass is 16.6. The maximum atomic E-state index is 12.8. The van der Waals surface area contributed by atoms with Gasteiger partial charge in [-0.1, -0.05) is 0 Å². The molecule has 1 fully saturated rings. The molecule has 4 amide bonds. The highest BCUT2D eigenvalue weighted by Gasteiger charge is 2.42. The van der Waals surface area contributed by atoms with Crippen molar-refractivity contribution in [2.75, 3.05) is 13.1 Å². The molecule has 2 aliphatic heterocycles. The molecule has 0 bridgehead atoms. The molecule has 0 radical (unpaired) electrons. The molecule has 1 aromatic carbocycles. The predicted molar refractivity (Wildman–Crippen MR) is 115 cm³/mol. The number of amides is 4. The van der Waals surface area contributed by atoms with Crippen molar-refractivity contribution in [3.8, 4) is 0 Å². The van der Waals surface area contributed by atoms with E-state index in [1.807, 2.05) is 20.8 Å². The number of fused-ring (bicyclic) bond motifs is 1. The van der Waals surface area contributed by atoms with Crippen LogP contribution in [-0.4, -0.2) is 63.9 Å². The second kappa shape index (κ2) is 7.98. The number of hydrogen-bond acceptors (Lipinski definition) is 5. The summed E-state index contributed by atoms with van der Waals surface area (Å²) >= 11 is 0. The van der Waals surface area contributed by atoms with Crippen molar-refractivity contribution in [3.05, 3.63) is 34.9 Å². The van der Waals surface area contributed by atoms with Gasteiger partial charge in [-0.15, -0.1) is 0 Å². The van der Waals surface area contributed by atoms with Crippen molar-refractivity contribution in [3.63, 3.8) is 0 Å². The molecule has 0 saturated carbocycles. The first-order valence-electron chi connectivity index (χ1n) is 10.6. The van der Waals surface area contributed by atoms with Gasteiger partial charge >= 0.3 is 6.09 Å². The zero-order valence-electron chi connectivity index (χ0n) is 19.1. The lowest BCUT2D eigenvalue weighted by Crippen LogP contribution is -2.47. The van der Waals surface area contributed by atoms with E-state index in [0.29, 0.717) is 37.1 Å². The summed E-state index contributed by atoms with van der Waals surface area (Å²) in [5.41, 5.74) is -0.269. The fraction of sp³-hybridized carbons (Fsp3) is 0.565. The zero-order chi connectivity index (χ0) is 23.1. The Morgan fingerprint density at radius 3 is 2.10 bits per heavy atom. The summed E-state index contributed by atoms with van der Waals surface area (Å²) in [6.07, 6.45) is 0.887. The van der Waals surface area contributed by atoms with E-state index < -0.39 is 11.1 Å². The molecule has 8 nitrogen and oxygen atoms in total. The first-order chi connectivity index (χ1) is 14.3. The van der Waals surface area contributed by atoms with Crippen LogP contribution in [0.1, 0.15) is 85.5 Å². The Morgan fingerprint density at radius 2 is 1.55 bits per heavy atom. The smallest absolute Gasteiger partial charge is 0.410 e. The van der Waals surface area contributed by atoms with Gasteiger partial charge in [-0.25, -0.2) is 4.79 Å². The summed E-state index contributed by atoms with van der Waals surface area (Å²) in [6, 6.07) is 4.53. The third-order valence-corrected chi connectivity index (χ3v) is 5.30. The SMILES string of the molecule is CC(C)(C)OC(=O)N1CCC(NC(=O)c2ccc3c(c2)C(=O)N(C(C)(C)C)C3=O)CC1. The van der Waals surface area contributed by atoms with Crippen LogP contribution in [0.3, 0.4) is 0 Å². The Hall–Kier alpha value is -2.90. The van der Waals surface area contributed by atoms with Crippen molar-refractivity contribution >= 4 is 23.8 Å². The summed E-state index contributed by atoms with van der Waals surface area (Å²) in [7, 11) is 0. The molecule has 31 heavy (non-hydrogen) atoms. The minimum Gasteiger partial charge on any atom is -0.444 e. The van der Waals surface area contributed by atoms with Crippen LogP contribution in [0.4, 0.5) is 4.79 Å². The van der Waals surface area contributed by atoms with E-state index in [-0.39, 0.29) is 35.4 Å². The summed E-state index contributed by atoms with van der Waals surface area (Å²) in [5, 5.41) is 2.97. The fourth-order valence-electron chi connectivity index (χ4n) is 3.79. The molecule has 0 spiro atoms. The summed E-state index contributed by atoms with van der Waals surface area (Å²) in [4.78, 5) is 53.1. The third-order valence-electron chi connectivity index (χ3n) is 5.30. The predicted octanol–water partition coefficient (Wildman–Crippen LogP) is 3.21. The van der Waals surface area contributed by atoms with E-state index in [1.165, 1.54) is 11.0 Å². The van der Waals surface area contributed by atoms with Crippen LogP contribution in [0.15, 0.2) is 18.2 Å². The number of carbonyl (C=O) groups is 4. The van der Waals surface area contributed by atoms with Crippen molar-refractivity contribution in [1.29, 1.82) is 0 Å². The van der Waals surface area contributed by atoms with Crippen LogP contribution in [0, 0.1) is 0 Å². The molecule has 0 aliphatic carbocycles. The van der Waals surface area contributed by atoms with Gasteiger partial charge in [-0.2, -0.15) is 0 Å². The minimum absolute atomic E-state index is 0.0807.